The fourth-order valence-corrected chi connectivity index (χ4v) is 4.96. The largest absolute Gasteiger partial charge is 0.379 e. The molecular weight excluding hydrogens is 386 g/mol. The summed E-state index contributed by atoms with van der Waals surface area (Å²) < 4.78 is 5.44. The van der Waals surface area contributed by atoms with Gasteiger partial charge in [-0.15, -0.1) is 0 Å². The number of fused-ring (bicyclic) bond motifs is 1. The number of allylic oxidation sites excluding steroid dienone is 1. The molecule has 5 rings (SSSR count). The number of hydrogen-bond acceptors (Lipinski definition) is 4. The van der Waals surface area contributed by atoms with Gasteiger partial charge < -0.3 is 4.74 Å². The lowest BCUT2D eigenvalue weighted by atomic mass is 9.77. The van der Waals surface area contributed by atoms with Crippen molar-refractivity contribution in [3.05, 3.63) is 77.4 Å². The number of benzene rings is 2. The molecule has 2 fully saturated rings. The Morgan fingerprint density at radius 1 is 1.03 bits per heavy atom. The number of ether oxygens (including phenoxy) is 1. The lowest BCUT2D eigenvalue weighted by Crippen LogP contribution is -2.44. The second kappa shape index (κ2) is 9.16. The summed E-state index contributed by atoms with van der Waals surface area (Å²) in [5.74, 6) is 0.330. The summed E-state index contributed by atoms with van der Waals surface area (Å²) in [6.45, 7) is 3.38. The van der Waals surface area contributed by atoms with Crippen LogP contribution in [0.3, 0.4) is 0 Å². The van der Waals surface area contributed by atoms with Crippen molar-refractivity contribution in [1.82, 2.24) is 9.91 Å². The van der Waals surface area contributed by atoms with E-state index in [-0.39, 0.29) is 17.9 Å². The van der Waals surface area contributed by atoms with Gasteiger partial charge in [-0.3, -0.25) is 9.69 Å². The maximum absolute atomic E-state index is 13.4. The molecule has 160 valence electrons. The number of hydrogen-bond donors (Lipinski definition) is 0. The average Bonchev–Trinajstić information content (AvgIpc) is 3.22. The number of hydrazone groups is 1. The zero-order valence-corrected chi connectivity index (χ0v) is 17.8. The van der Waals surface area contributed by atoms with E-state index in [1.54, 1.807) is 5.01 Å². The van der Waals surface area contributed by atoms with Gasteiger partial charge in [-0.25, -0.2) is 5.01 Å². The molecule has 1 amide bonds. The SMILES string of the molecule is O=C(CN1CCOCC1)N1N=C2C(=Cc3ccccc3)CCCC2C1c1ccccc1. The van der Waals surface area contributed by atoms with Crippen LogP contribution in [0.2, 0.25) is 0 Å². The van der Waals surface area contributed by atoms with Crippen molar-refractivity contribution < 1.29 is 9.53 Å². The lowest BCUT2D eigenvalue weighted by Gasteiger charge is -2.31. The summed E-state index contributed by atoms with van der Waals surface area (Å²) in [4.78, 5) is 15.6. The highest BCUT2D eigenvalue weighted by Crippen LogP contribution is 2.44. The standard InChI is InChI=1S/C26H29N3O2/c30-24(19-28-14-16-31-17-15-28)29-26(21-10-5-2-6-11-21)23-13-7-12-22(25(23)27-29)18-20-8-3-1-4-9-20/h1-6,8-11,18,23,26H,7,12-17,19H2. The monoisotopic (exact) mass is 415 g/mol. The van der Waals surface area contributed by atoms with Gasteiger partial charge in [-0.1, -0.05) is 60.7 Å². The highest BCUT2D eigenvalue weighted by Gasteiger charge is 2.43. The van der Waals surface area contributed by atoms with Crippen LogP contribution >= 0.6 is 0 Å². The summed E-state index contributed by atoms with van der Waals surface area (Å²) in [5.41, 5.74) is 4.72. The van der Waals surface area contributed by atoms with Crippen molar-refractivity contribution in [2.45, 2.75) is 25.3 Å². The molecule has 5 nitrogen and oxygen atoms in total. The second-order valence-electron chi connectivity index (χ2n) is 8.55. The molecule has 2 aliphatic heterocycles. The molecule has 2 unspecified atom stereocenters. The molecule has 0 radical (unpaired) electrons. The van der Waals surface area contributed by atoms with Crippen LogP contribution in [0.4, 0.5) is 0 Å². The van der Waals surface area contributed by atoms with Gasteiger partial charge in [-0.2, -0.15) is 5.10 Å². The minimum atomic E-state index is -0.0239. The number of nitrogens with zero attached hydrogens (tertiary/aromatic N) is 3. The molecule has 1 saturated carbocycles. The molecule has 2 heterocycles. The quantitative estimate of drug-likeness (QED) is 0.754. The number of carbonyl (C=O) groups is 1. The Kier molecular flexibility index (Phi) is 5.96. The predicted octanol–water partition coefficient (Wildman–Crippen LogP) is 4.14. The van der Waals surface area contributed by atoms with Crippen molar-refractivity contribution in [2.24, 2.45) is 11.0 Å². The number of morpholine rings is 1. The summed E-state index contributed by atoms with van der Waals surface area (Å²) in [6, 6.07) is 20.8. The van der Waals surface area contributed by atoms with Crippen molar-refractivity contribution >= 4 is 17.7 Å². The van der Waals surface area contributed by atoms with Gasteiger partial charge in [0.25, 0.3) is 5.91 Å². The van der Waals surface area contributed by atoms with E-state index in [9.17, 15) is 4.79 Å². The van der Waals surface area contributed by atoms with Gasteiger partial charge in [-0.05, 0) is 42.0 Å². The Morgan fingerprint density at radius 2 is 1.74 bits per heavy atom. The lowest BCUT2D eigenvalue weighted by molar-refractivity contribution is -0.135. The Morgan fingerprint density at radius 3 is 2.48 bits per heavy atom. The minimum absolute atomic E-state index is 0.0239. The zero-order chi connectivity index (χ0) is 21.0. The third-order valence-electron chi connectivity index (χ3n) is 6.50. The van der Waals surface area contributed by atoms with Gasteiger partial charge in [0.15, 0.2) is 0 Å². The molecule has 1 saturated heterocycles. The average molecular weight is 416 g/mol. The topological polar surface area (TPSA) is 45.1 Å². The summed E-state index contributed by atoms with van der Waals surface area (Å²) >= 11 is 0. The molecule has 0 N–H and O–H groups in total. The third-order valence-corrected chi connectivity index (χ3v) is 6.50. The highest BCUT2D eigenvalue weighted by atomic mass is 16.5. The van der Waals surface area contributed by atoms with Crippen LogP contribution in [-0.4, -0.2) is 54.4 Å². The van der Waals surface area contributed by atoms with Crippen molar-refractivity contribution in [2.75, 3.05) is 32.8 Å². The molecule has 2 aromatic rings. The van der Waals surface area contributed by atoms with Gasteiger partial charge in [0.1, 0.15) is 0 Å². The van der Waals surface area contributed by atoms with E-state index >= 15 is 0 Å². The van der Waals surface area contributed by atoms with Gasteiger partial charge in [0.2, 0.25) is 0 Å². The highest BCUT2D eigenvalue weighted by molar-refractivity contribution is 6.08. The van der Waals surface area contributed by atoms with E-state index in [1.807, 2.05) is 12.1 Å². The summed E-state index contributed by atoms with van der Waals surface area (Å²) in [5, 5.41) is 6.77. The van der Waals surface area contributed by atoms with Crippen LogP contribution in [0.25, 0.3) is 6.08 Å². The Labute approximate surface area is 184 Å². The molecule has 0 spiro atoms. The van der Waals surface area contributed by atoms with Crippen molar-refractivity contribution in [1.29, 1.82) is 0 Å². The Hall–Kier alpha value is -2.76. The molecular formula is C26H29N3O2. The first kappa shape index (κ1) is 20.2. The van der Waals surface area contributed by atoms with Gasteiger partial charge >= 0.3 is 0 Å². The molecule has 1 aliphatic carbocycles. The number of carbonyl (C=O) groups excluding carboxylic acids is 1. The maximum Gasteiger partial charge on any atom is 0.257 e. The fraction of sp³-hybridized carbons (Fsp3) is 0.385. The molecule has 0 aromatic heterocycles. The van der Waals surface area contributed by atoms with Crippen LogP contribution in [0.5, 0.6) is 0 Å². The third kappa shape index (κ3) is 4.34. The zero-order valence-electron chi connectivity index (χ0n) is 17.8. The fourth-order valence-electron chi connectivity index (χ4n) is 4.96. The van der Waals surface area contributed by atoms with E-state index in [0.717, 1.165) is 38.1 Å². The second-order valence-corrected chi connectivity index (χ2v) is 8.55. The number of amides is 1. The van der Waals surface area contributed by atoms with Crippen LogP contribution in [-0.2, 0) is 9.53 Å². The maximum atomic E-state index is 13.4. The van der Waals surface area contributed by atoms with E-state index in [4.69, 9.17) is 9.84 Å². The normalized spacial score (nSPS) is 25.4. The van der Waals surface area contributed by atoms with Crippen LogP contribution in [0.15, 0.2) is 71.3 Å². The van der Waals surface area contributed by atoms with Crippen molar-refractivity contribution in [3.63, 3.8) is 0 Å². The van der Waals surface area contributed by atoms with E-state index < -0.39 is 0 Å². The van der Waals surface area contributed by atoms with Crippen molar-refractivity contribution in [3.8, 4) is 0 Å². The Balaban J connectivity index is 1.47. The van der Waals surface area contributed by atoms with E-state index in [1.165, 1.54) is 16.7 Å². The summed E-state index contributed by atoms with van der Waals surface area (Å²) in [7, 11) is 0. The predicted molar refractivity (Wildman–Crippen MR) is 122 cm³/mol. The van der Waals surface area contributed by atoms with Gasteiger partial charge in [0.05, 0.1) is 31.5 Å². The molecule has 3 aliphatic rings. The molecule has 2 atom stereocenters. The number of rotatable bonds is 4. The Bertz CT molecular complexity index is 965. The van der Waals surface area contributed by atoms with E-state index in [0.29, 0.717) is 19.8 Å². The minimum Gasteiger partial charge on any atom is -0.379 e. The molecule has 2 aromatic carbocycles. The molecule has 31 heavy (non-hydrogen) atoms. The van der Waals surface area contributed by atoms with Crippen LogP contribution in [0, 0.1) is 5.92 Å². The summed E-state index contributed by atoms with van der Waals surface area (Å²) in [6.07, 6.45) is 5.45. The first-order chi connectivity index (χ1) is 15.3. The molecule has 0 bridgehead atoms. The van der Waals surface area contributed by atoms with Crippen LogP contribution in [0.1, 0.15) is 36.4 Å². The molecule has 5 heteroatoms. The smallest absolute Gasteiger partial charge is 0.257 e. The van der Waals surface area contributed by atoms with Gasteiger partial charge in [0, 0.05) is 19.0 Å². The first-order valence-electron chi connectivity index (χ1n) is 11.3. The van der Waals surface area contributed by atoms with Crippen LogP contribution < -0.4 is 0 Å². The first-order valence-corrected chi connectivity index (χ1v) is 11.3. The van der Waals surface area contributed by atoms with E-state index in [2.05, 4.69) is 59.5 Å².